The van der Waals surface area contributed by atoms with E-state index < -0.39 is 23.1 Å². The first-order valence-electron chi connectivity index (χ1n) is 3.03. The number of hydrogen-bond acceptors (Lipinski definition) is 1. The maximum atomic E-state index is 10.2. The second kappa shape index (κ2) is 2.59. The van der Waals surface area contributed by atoms with Crippen molar-refractivity contribution in [3.05, 3.63) is 0 Å². The van der Waals surface area contributed by atoms with Crippen molar-refractivity contribution in [2.24, 2.45) is 0 Å². The van der Waals surface area contributed by atoms with Gasteiger partial charge in [0.15, 0.2) is 0 Å². The molecule has 0 bridgehead atoms. The van der Waals surface area contributed by atoms with Crippen LogP contribution in [0.3, 0.4) is 0 Å². The monoisotopic (exact) mass is 164 g/mol. The molecule has 0 amide bonds. The topological polar surface area (TPSA) is 37.3 Å². The molecule has 0 radical (unpaired) electrons. The summed E-state index contributed by atoms with van der Waals surface area (Å²) >= 11 is -0.571. The molecule has 1 saturated heterocycles. The van der Waals surface area contributed by atoms with Gasteiger partial charge in [0, 0.05) is 0 Å². The van der Waals surface area contributed by atoms with E-state index in [-0.39, 0.29) is 4.51 Å². The standard InChI is InChI=1S/C5H8O2.Zn/c1-2-3-4-5(6)7;/h4H,1-3H2,(H,6,7);. The van der Waals surface area contributed by atoms with E-state index in [1.54, 1.807) is 0 Å². The number of rotatable bonds is 1. The molecule has 1 N–H and O–H groups in total. The van der Waals surface area contributed by atoms with Crippen LogP contribution in [0.4, 0.5) is 0 Å². The Kier molecular flexibility index (Phi) is 2.01. The first kappa shape index (κ1) is 6.22. The van der Waals surface area contributed by atoms with Crippen LogP contribution in [-0.4, -0.2) is 11.1 Å². The second-order valence-corrected chi connectivity index (χ2v) is 7.08. The molecule has 1 fully saturated rings. The van der Waals surface area contributed by atoms with E-state index in [2.05, 4.69) is 0 Å². The summed E-state index contributed by atoms with van der Waals surface area (Å²) in [5.74, 6) is -0.525. The van der Waals surface area contributed by atoms with Gasteiger partial charge in [-0.2, -0.15) is 0 Å². The van der Waals surface area contributed by atoms with Gasteiger partial charge in [0.05, 0.1) is 0 Å². The molecule has 8 heavy (non-hydrogen) atoms. The van der Waals surface area contributed by atoms with E-state index in [1.165, 1.54) is 11.4 Å². The van der Waals surface area contributed by atoms with Crippen molar-refractivity contribution in [2.75, 3.05) is 0 Å². The van der Waals surface area contributed by atoms with Crippen molar-refractivity contribution in [2.45, 2.75) is 22.4 Å². The van der Waals surface area contributed by atoms with Crippen molar-refractivity contribution >= 4 is 5.97 Å². The zero-order chi connectivity index (χ0) is 5.98. The van der Waals surface area contributed by atoms with Crippen molar-refractivity contribution in [1.29, 1.82) is 0 Å². The van der Waals surface area contributed by atoms with Gasteiger partial charge < -0.3 is 0 Å². The summed E-state index contributed by atoms with van der Waals surface area (Å²) in [5.41, 5.74) is 0. The van der Waals surface area contributed by atoms with Gasteiger partial charge in [-0.3, -0.25) is 0 Å². The quantitative estimate of drug-likeness (QED) is 0.592. The third kappa shape index (κ3) is 1.28. The zero-order valence-electron chi connectivity index (χ0n) is 4.76. The molecule has 0 aromatic rings. The Morgan fingerprint density at radius 1 is 1.75 bits per heavy atom. The van der Waals surface area contributed by atoms with Gasteiger partial charge in [0.25, 0.3) is 0 Å². The molecule has 0 aliphatic carbocycles. The normalized spacial score (nSPS) is 26.2. The minimum absolute atomic E-state index is 0.169. The molecule has 1 aliphatic rings. The molecule has 0 spiro atoms. The fourth-order valence-electron chi connectivity index (χ4n) is 1.17. The Bertz CT molecular complexity index is 96.6. The van der Waals surface area contributed by atoms with Crippen LogP contribution >= 0.6 is 0 Å². The summed E-state index contributed by atoms with van der Waals surface area (Å²) in [4.78, 5) is 10.2. The number of carboxylic acid groups (broad SMARTS) is 1. The molecule has 2 nitrogen and oxygen atoms in total. The molecule has 1 rings (SSSR count). The first-order chi connectivity index (χ1) is 3.80. The molecule has 1 atom stereocenters. The van der Waals surface area contributed by atoms with E-state index >= 15 is 0 Å². The number of hydrogen-bond donors (Lipinski definition) is 1. The summed E-state index contributed by atoms with van der Waals surface area (Å²) in [7, 11) is 0. The first-order valence-corrected chi connectivity index (χ1v) is 6.84. The average molecular weight is 166 g/mol. The summed E-state index contributed by atoms with van der Waals surface area (Å²) in [5, 5.41) is 9.76. The van der Waals surface area contributed by atoms with Gasteiger partial charge >= 0.3 is 55.4 Å². The van der Waals surface area contributed by atoms with Crippen LogP contribution in [0, 0.1) is 0 Å². The van der Waals surface area contributed by atoms with E-state index in [1.807, 2.05) is 0 Å². The number of carboxylic acids is 1. The molecule has 0 saturated carbocycles. The van der Waals surface area contributed by atoms with Crippen LogP contribution in [0.5, 0.6) is 0 Å². The molecular weight excluding hydrogens is 157 g/mol. The Labute approximate surface area is 55.9 Å². The molecule has 0 aromatic heterocycles. The van der Waals surface area contributed by atoms with Crippen LogP contribution in [0.15, 0.2) is 0 Å². The Hall–Kier alpha value is 0.0934. The van der Waals surface area contributed by atoms with E-state index in [0.717, 1.165) is 6.42 Å². The predicted octanol–water partition coefficient (Wildman–Crippen LogP) is 1.15. The van der Waals surface area contributed by atoms with Crippen molar-refractivity contribution in [1.82, 2.24) is 0 Å². The number of aliphatic carboxylic acids is 1. The fourth-order valence-corrected chi connectivity index (χ4v) is 5.15. The molecule has 1 unspecified atom stereocenters. The average Bonchev–Trinajstić information content (AvgIpc) is 2.12. The van der Waals surface area contributed by atoms with Gasteiger partial charge in [-0.1, -0.05) is 0 Å². The van der Waals surface area contributed by atoms with Crippen LogP contribution in [0.25, 0.3) is 0 Å². The van der Waals surface area contributed by atoms with Gasteiger partial charge in [0.2, 0.25) is 0 Å². The van der Waals surface area contributed by atoms with E-state index in [0.29, 0.717) is 0 Å². The zero-order valence-corrected chi connectivity index (χ0v) is 7.73. The van der Waals surface area contributed by atoms with Crippen molar-refractivity contribution in [3.63, 3.8) is 0 Å². The third-order valence-electron chi connectivity index (χ3n) is 1.70. The molecule has 1 aliphatic heterocycles. The summed E-state index contributed by atoms with van der Waals surface area (Å²) in [6.07, 6.45) is 2.17. The summed E-state index contributed by atoms with van der Waals surface area (Å²) in [6.45, 7) is 0. The Balaban J connectivity index is 2.35. The predicted molar refractivity (Wildman–Crippen MR) is 25.4 cm³/mol. The third-order valence-corrected chi connectivity index (χ3v) is 6.66. The van der Waals surface area contributed by atoms with Crippen LogP contribution in [0.2, 0.25) is 9.53 Å². The van der Waals surface area contributed by atoms with E-state index in [9.17, 15) is 4.79 Å². The second-order valence-electron chi connectivity index (χ2n) is 2.32. The summed E-state index contributed by atoms with van der Waals surface area (Å²) in [6, 6.07) is 0. The molecule has 1 heterocycles. The van der Waals surface area contributed by atoms with Crippen molar-refractivity contribution in [3.8, 4) is 0 Å². The fraction of sp³-hybridized carbons (Fsp3) is 0.800. The Morgan fingerprint density at radius 2 is 2.50 bits per heavy atom. The van der Waals surface area contributed by atoms with Gasteiger partial charge in [-0.25, -0.2) is 0 Å². The van der Waals surface area contributed by atoms with Gasteiger partial charge in [-0.15, -0.1) is 0 Å². The van der Waals surface area contributed by atoms with E-state index in [4.69, 9.17) is 5.11 Å². The van der Waals surface area contributed by atoms with Gasteiger partial charge in [0.1, 0.15) is 0 Å². The molecule has 42 valence electrons. The molecule has 0 aromatic carbocycles. The minimum atomic E-state index is -0.571. The van der Waals surface area contributed by atoms with Gasteiger partial charge in [-0.05, 0) is 0 Å². The van der Waals surface area contributed by atoms with Crippen molar-refractivity contribution < 1.29 is 27.0 Å². The van der Waals surface area contributed by atoms with Crippen LogP contribution in [0.1, 0.15) is 12.8 Å². The Morgan fingerprint density at radius 3 is 2.75 bits per heavy atom. The summed E-state index contributed by atoms with van der Waals surface area (Å²) < 4.78 is 0.169. The molecular formula is C5H8O2Zn. The number of carbonyl (C=O) groups is 1. The molecule has 3 heteroatoms. The van der Waals surface area contributed by atoms with Crippen LogP contribution in [-0.2, 0) is 21.9 Å². The van der Waals surface area contributed by atoms with Crippen LogP contribution < -0.4 is 0 Å². The maximum absolute atomic E-state index is 10.2. The SMILES string of the molecule is O=C(O)[CH]1CC[CH2][Zn]1.